The number of rotatable bonds is 13. The Hall–Kier alpha value is -3.51. The fourth-order valence-electron chi connectivity index (χ4n) is 3.02. The first-order valence-electron chi connectivity index (χ1n) is 10.6. The first-order valence-corrected chi connectivity index (χ1v) is 10.6. The molecule has 0 aromatic heterocycles. The molecule has 0 radical (unpaired) electrons. The molecule has 0 aliphatic rings. The highest BCUT2D eigenvalue weighted by Crippen LogP contribution is 2.23. The van der Waals surface area contributed by atoms with Gasteiger partial charge in [0.1, 0.15) is 23.0 Å². The van der Waals surface area contributed by atoms with Crippen molar-refractivity contribution in [1.82, 2.24) is 0 Å². The van der Waals surface area contributed by atoms with Crippen LogP contribution in [-0.2, 0) is 16.0 Å². The maximum absolute atomic E-state index is 11.0. The number of carbonyl (C=O) groups is 1. The summed E-state index contributed by atoms with van der Waals surface area (Å²) in [6, 6.07) is 24.6. The van der Waals surface area contributed by atoms with Crippen LogP contribution in [0.5, 0.6) is 23.0 Å². The summed E-state index contributed by atoms with van der Waals surface area (Å²) in [6.45, 7) is 1.19. The molecular formula is C26H28O6. The third-order valence-corrected chi connectivity index (χ3v) is 4.78. The number of methoxy groups -OCH3 is 1. The Morgan fingerprint density at radius 3 is 1.78 bits per heavy atom. The van der Waals surface area contributed by atoms with Crippen LogP contribution in [0, 0.1) is 0 Å². The quantitative estimate of drug-likeness (QED) is 0.364. The predicted octanol–water partition coefficient (Wildman–Crippen LogP) is 5.36. The van der Waals surface area contributed by atoms with Gasteiger partial charge < -0.3 is 24.1 Å². The topological polar surface area (TPSA) is 74.2 Å². The fraction of sp³-hybridized carbons (Fsp3) is 0.269. The molecule has 0 heterocycles. The molecule has 0 fully saturated rings. The molecule has 1 atom stereocenters. The lowest BCUT2D eigenvalue weighted by atomic mass is 10.1. The Labute approximate surface area is 188 Å². The average molecular weight is 437 g/mol. The number of benzene rings is 3. The minimum absolute atomic E-state index is 0.322. The van der Waals surface area contributed by atoms with Gasteiger partial charge in [-0.25, -0.2) is 4.79 Å². The van der Waals surface area contributed by atoms with Crippen LogP contribution in [0.4, 0.5) is 0 Å². The number of carboxylic acid groups (broad SMARTS) is 1. The Morgan fingerprint density at radius 1 is 0.750 bits per heavy atom. The maximum atomic E-state index is 11.0. The zero-order chi connectivity index (χ0) is 22.6. The molecule has 0 aliphatic heterocycles. The molecule has 0 spiro atoms. The van der Waals surface area contributed by atoms with E-state index in [1.165, 1.54) is 7.11 Å². The SMILES string of the molecule is CO[C@@H](Cc1ccc(OCCCCOc2ccc(Oc3ccccc3)cc2)cc1)C(=O)O. The van der Waals surface area contributed by atoms with Gasteiger partial charge in [0, 0.05) is 13.5 Å². The lowest BCUT2D eigenvalue weighted by Gasteiger charge is -2.11. The highest BCUT2D eigenvalue weighted by atomic mass is 16.5. The summed E-state index contributed by atoms with van der Waals surface area (Å²) in [5.74, 6) is 2.16. The number of unbranched alkanes of at least 4 members (excludes halogenated alkanes) is 1. The van der Waals surface area contributed by atoms with E-state index >= 15 is 0 Å². The van der Waals surface area contributed by atoms with Crippen LogP contribution >= 0.6 is 0 Å². The lowest BCUT2D eigenvalue weighted by molar-refractivity contribution is -0.148. The highest BCUT2D eigenvalue weighted by molar-refractivity contribution is 5.72. The monoisotopic (exact) mass is 436 g/mol. The van der Waals surface area contributed by atoms with Crippen molar-refractivity contribution in [3.63, 3.8) is 0 Å². The zero-order valence-corrected chi connectivity index (χ0v) is 18.1. The molecule has 0 saturated heterocycles. The molecule has 6 heteroatoms. The Balaban J connectivity index is 1.31. The van der Waals surface area contributed by atoms with Crippen LogP contribution < -0.4 is 14.2 Å². The van der Waals surface area contributed by atoms with Gasteiger partial charge in [0.15, 0.2) is 6.10 Å². The molecule has 6 nitrogen and oxygen atoms in total. The van der Waals surface area contributed by atoms with Crippen LogP contribution in [0.2, 0.25) is 0 Å². The Bertz CT molecular complexity index is 938. The summed E-state index contributed by atoms with van der Waals surface area (Å²) in [5, 5.41) is 9.05. The van der Waals surface area contributed by atoms with Crippen molar-refractivity contribution in [1.29, 1.82) is 0 Å². The summed E-state index contributed by atoms with van der Waals surface area (Å²) in [4.78, 5) is 11.0. The fourth-order valence-corrected chi connectivity index (χ4v) is 3.02. The first kappa shape index (κ1) is 23.2. The molecule has 0 saturated carbocycles. The van der Waals surface area contributed by atoms with Crippen molar-refractivity contribution in [2.75, 3.05) is 20.3 Å². The van der Waals surface area contributed by atoms with E-state index in [1.54, 1.807) is 0 Å². The van der Waals surface area contributed by atoms with Crippen molar-refractivity contribution in [3.8, 4) is 23.0 Å². The van der Waals surface area contributed by atoms with Gasteiger partial charge in [-0.05, 0) is 66.9 Å². The van der Waals surface area contributed by atoms with Gasteiger partial charge in [0.25, 0.3) is 0 Å². The van der Waals surface area contributed by atoms with Crippen LogP contribution in [0.1, 0.15) is 18.4 Å². The molecule has 3 rings (SSSR count). The van der Waals surface area contributed by atoms with Crippen LogP contribution in [0.3, 0.4) is 0 Å². The predicted molar refractivity (Wildman–Crippen MR) is 122 cm³/mol. The van der Waals surface area contributed by atoms with E-state index in [9.17, 15) is 4.79 Å². The molecule has 168 valence electrons. The molecule has 3 aromatic rings. The van der Waals surface area contributed by atoms with Crippen LogP contribution in [0.15, 0.2) is 78.9 Å². The summed E-state index contributed by atoms with van der Waals surface area (Å²) >= 11 is 0. The Morgan fingerprint density at radius 2 is 1.25 bits per heavy atom. The molecule has 0 unspecified atom stereocenters. The van der Waals surface area contributed by atoms with E-state index in [4.69, 9.17) is 24.1 Å². The highest BCUT2D eigenvalue weighted by Gasteiger charge is 2.16. The Kier molecular flexibility index (Phi) is 8.95. The largest absolute Gasteiger partial charge is 0.494 e. The third-order valence-electron chi connectivity index (χ3n) is 4.78. The van der Waals surface area contributed by atoms with Crippen molar-refractivity contribution in [3.05, 3.63) is 84.4 Å². The van der Waals surface area contributed by atoms with Crippen LogP contribution in [-0.4, -0.2) is 37.5 Å². The van der Waals surface area contributed by atoms with Gasteiger partial charge in [-0.2, -0.15) is 0 Å². The van der Waals surface area contributed by atoms with Crippen LogP contribution in [0.25, 0.3) is 0 Å². The minimum Gasteiger partial charge on any atom is -0.494 e. The maximum Gasteiger partial charge on any atom is 0.333 e. The van der Waals surface area contributed by atoms with Gasteiger partial charge in [-0.15, -0.1) is 0 Å². The summed E-state index contributed by atoms with van der Waals surface area (Å²) in [5.41, 5.74) is 0.889. The van der Waals surface area contributed by atoms with Crippen molar-refractivity contribution < 1.29 is 28.8 Å². The standard InChI is InChI=1S/C26H28O6/c1-29-25(26(27)28)19-20-9-11-21(12-10-20)30-17-5-6-18-31-22-13-15-24(16-14-22)32-23-7-3-2-4-8-23/h2-4,7-16,25H,5-6,17-19H2,1H3,(H,27,28)/t25-/m0/s1. The smallest absolute Gasteiger partial charge is 0.333 e. The van der Waals surface area contributed by atoms with E-state index in [0.29, 0.717) is 19.6 Å². The van der Waals surface area contributed by atoms with Gasteiger partial charge in [0.05, 0.1) is 13.2 Å². The van der Waals surface area contributed by atoms with E-state index < -0.39 is 12.1 Å². The van der Waals surface area contributed by atoms with Gasteiger partial charge in [-0.1, -0.05) is 30.3 Å². The van der Waals surface area contributed by atoms with E-state index in [2.05, 4.69) is 0 Å². The second-order valence-electron chi connectivity index (χ2n) is 7.20. The number of carboxylic acids is 1. The zero-order valence-electron chi connectivity index (χ0n) is 18.1. The summed E-state index contributed by atoms with van der Waals surface area (Å²) in [6.07, 6.45) is 1.22. The number of hydrogen-bond acceptors (Lipinski definition) is 5. The second kappa shape index (κ2) is 12.4. The summed E-state index contributed by atoms with van der Waals surface area (Å²) in [7, 11) is 1.40. The number of ether oxygens (including phenoxy) is 4. The first-order chi connectivity index (χ1) is 15.6. The average Bonchev–Trinajstić information content (AvgIpc) is 2.82. The van der Waals surface area contributed by atoms with E-state index in [1.807, 2.05) is 78.9 Å². The molecule has 0 bridgehead atoms. The van der Waals surface area contributed by atoms with Crippen molar-refractivity contribution in [2.45, 2.75) is 25.4 Å². The molecular weight excluding hydrogens is 408 g/mol. The minimum atomic E-state index is -0.966. The number of aliphatic carboxylic acids is 1. The van der Waals surface area contributed by atoms with Gasteiger partial charge in [-0.3, -0.25) is 0 Å². The second-order valence-corrected chi connectivity index (χ2v) is 7.20. The molecule has 0 aliphatic carbocycles. The van der Waals surface area contributed by atoms with E-state index in [0.717, 1.165) is 41.4 Å². The van der Waals surface area contributed by atoms with Crippen molar-refractivity contribution >= 4 is 5.97 Å². The molecule has 32 heavy (non-hydrogen) atoms. The van der Waals surface area contributed by atoms with Gasteiger partial charge >= 0.3 is 5.97 Å². The summed E-state index contributed by atoms with van der Waals surface area (Å²) < 4.78 is 22.3. The molecule has 3 aromatic carbocycles. The van der Waals surface area contributed by atoms with Gasteiger partial charge in [0.2, 0.25) is 0 Å². The number of hydrogen-bond donors (Lipinski definition) is 1. The molecule has 1 N–H and O–H groups in total. The third kappa shape index (κ3) is 7.63. The normalized spacial score (nSPS) is 11.5. The number of para-hydroxylation sites is 1. The van der Waals surface area contributed by atoms with Crippen molar-refractivity contribution in [2.24, 2.45) is 0 Å². The molecule has 0 amide bonds. The van der Waals surface area contributed by atoms with E-state index in [-0.39, 0.29) is 0 Å². The lowest BCUT2D eigenvalue weighted by Crippen LogP contribution is -2.24.